The highest BCUT2D eigenvalue weighted by atomic mass is 19.3. The van der Waals surface area contributed by atoms with Crippen LogP contribution in [0.2, 0.25) is 0 Å². The van der Waals surface area contributed by atoms with E-state index in [9.17, 15) is 8.78 Å². The minimum Gasteiger partial charge on any atom is -0.395 e. The molecule has 1 fully saturated rings. The summed E-state index contributed by atoms with van der Waals surface area (Å²) < 4.78 is 34.5. The second-order valence-electron chi connectivity index (χ2n) is 4.78. The first-order valence-electron chi connectivity index (χ1n) is 6.24. The van der Waals surface area contributed by atoms with Crippen molar-refractivity contribution >= 4 is 0 Å². The summed E-state index contributed by atoms with van der Waals surface area (Å²) in [5, 5.41) is 3.42. The van der Waals surface area contributed by atoms with Gasteiger partial charge in [0.15, 0.2) is 11.5 Å². The average molecular weight is 255 g/mol. The first kappa shape index (κ1) is 11.7. The van der Waals surface area contributed by atoms with E-state index in [4.69, 9.17) is 0 Å². The molecule has 0 bridgehead atoms. The van der Waals surface area contributed by atoms with Crippen molar-refractivity contribution in [3.63, 3.8) is 0 Å². The number of ether oxygens (including phenoxy) is 2. The Kier molecular flexibility index (Phi) is 2.86. The van der Waals surface area contributed by atoms with Crippen molar-refractivity contribution in [3.05, 3.63) is 23.8 Å². The molecule has 1 atom stereocenters. The van der Waals surface area contributed by atoms with E-state index >= 15 is 0 Å². The molecule has 3 rings (SSSR count). The van der Waals surface area contributed by atoms with Crippen LogP contribution in [0.5, 0.6) is 11.5 Å². The first-order valence-corrected chi connectivity index (χ1v) is 6.24. The summed E-state index contributed by atoms with van der Waals surface area (Å²) in [6.07, 6.45) is 0.782. The van der Waals surface area contributed by atoms with Crippen molar-refractivity contribution in [2.45, 2.75) is 38.0 Å². The summed E-state index contributed by atoms with van der Waals surface area (Å²) in [6, 6.07) is 5.56. The zero-order valence-corrected chi connectivity index (χ0v) is 9.92. The quantitative estimate of drug-likeness (QED) is 0.900. The van der Waals surface area contributed by atoms with Crippen molar-refractivity contribution < 1.29 is 18.3 Å². The van der Waals surface area contributed by atoms with Gasteiger partial charge in [-0.2, -0.15) is 0 Å². The average Bonchev–Trinajstić information content (AvgIpc) is 2.90. The fourth-order valence-electron chi connectivity index (χ4n) is 2.49. The van der Waals surface area contributed by atoms with E-state index in [1.807, 2.05) is 6.07 Å². The van der Waals surface area contributed by atoms with Gasteiger partial charge in [0.25, 0.3) is 0 Å². The Balaban J connectivity index is 1.64. The fraction of sp³-hybridized carbons (Fsp3) is 0.538. The molecule has 0 amide bonds. The van der Waals surface area contributed by atoms with Gasteiger partial charge in [-0.05, 0) is 49.9 Å². The fourth-order valence-corrected chi connectivity index (χ4v) is 2.49. The summed E-state index contributed by atoms with van der Waals surface area (Å²) in [5.74, 6) is 0.250. The lowest BCUT2D eigenvalue weighted by Gasteiger charge is -2.09. The summed E-state index contributed by atoms with van der Waals surface area (Å²) in [7, 11) is 0. The van der Waals surface area contributed by atoms with Crippen LogP contribution < -0.4 is 14.8 Å². The second-order valence-corrected chi connectivity index (χ2v) is 4.78. The van der Waals surface area contributed by atoms with Crippen LogP contribution in [0.1, 0.15) is 24.8 Å². The van der Waals surface area contributed by atoms with Crippen LogP contribution in [-0.4, -0.2) is 18.9 Å². The Morgan fingerprint density at radius 1 is 1.28 bits per heavy atom. The number of hydrogen-bond donors (Lipinski definition) is 1. The molecule has 2 aliphatic heterocycles. The van der Waals surface area contributed by atoms with E-state index in [-0.39, 0.29) is 11.5 Å². The summed E-state index contributed by atoms with van der Waals surface area (Å²) in [5.41, 5.74) is 1.00. The predicted octanol–water partition coefficient (Wildman–Crippen LogP) is 2.69. The minimum absolute atomic E-state index is 0.114. The standard InChI is InChI=1S/C13H15F2NO2/c14-13(15)17-11-6-4-9(8-12(11)18-13)3-5-10-2-1-7-16-10/h4,6,8,10,16H,1-3,5,7H2. The molecule has 5 heteroatoms. The van der Waals surface area contributed by atoms with E-state index in [2.05, 4.69) is 14.8 Å². The first-order chi connectivity index (χ1) is 8.62. The topological polar surface area (TPSA) is 30.5 Å². The maximum absolute atomic E-state index is 12.8. The van der Waals surface area contributed by atoms with Gasteiger partial charge in [-0.25, -0.2) is 0 Å². The normalized spacial score (nSPS) is 24.4. The van der Waals surface area contributed by atoms with Crippen LogP contribution in [0.25, 0.3) is 0 Å². The highest BCUT2D eigenvalue weighted by Gasteiger charge is 2.43. The molecule has 1 aromatic carbocycles. The Hall–Kier alpha value is -1.36. The summed E-state index contributed by atoms with van der Waals surface area (Å²) >= 11 is 0. The molecule has 0 spiro atoms. The highest BCUT2D eigenvalue weighted by Crippen LogP contribution is 2.41. The van der Waals surface area contributed by atoms with Gasteiger partial charge in [0.2, 0.25) is 0 Å². The van der Waals surface area contributed by atoms with E-state index in [0.717, 1.165) is 24.9 Å². The third kappa shape index (κ3) is 2.41. The number of hydrogen-bond acceptors (Lipinski definition) is 3. The van der Waals surface area contributed by atoms with Crippen molar-refractivity contribution in [2.24, 2.45) is 0 Å². The number of aryl methyl sites for hydroxylation is 1. The van der Waals surface area contributed by atoms with Crippen LogP contribution >= 0.6 is 0 Å². The highest BCUT2D eigenvalue weighted by molar-refractivity contribution is 5.45. The Bertz CT molecular complexity index is 445. The van der Waals surface area contributed by atoms with Crippen LogP contribution in [-0.2, 0) is 6.42 Å². The molecule has 0 aliphatic carbocycles. The van der Waals surface area contributed by atoms with Crippen molar-refractivity contribution in [2.75, 3.05) is 6.54 Å². The van der Waals surface area contributed by atoms with E-state index in [1.165, 1.54) is 12.8 Å². The largest absolute Gasteiger partial charge is 0.586 e. The molecular weight excluding hydrogens is 240 g/mol. The maximum Gasteiger partial charge on any atom is 0.586 e. The second kappa shape index (κ2) is 4.39. The van der Waals surface area contributed by atoms with Gasteiger partial charge in [0.05, 0.1) is 0 Å². The SMILES string of the molecule is FC1(F)Oc2ccc(CCC3CCCN3)cc2O1. The van der Waals surface area contributed by atoms with Crippen LogP contribution in [0.3, 0.4) is 0 Å². The van der Waals surface area contributed by atoms with Crippen molar-refractivity contribution in [1.29, 1.82) is 0 Å². The van der Waals surface area contributed by atoms with E-state index in [0.29, 0.717) is 6.04 Å². The number of halogens is 2. The molecular formula is C13H15F2NO2. The van der Waals surface area contributed by atoms with Crippen LogP contribution in [0, 0.1) is 0 Å². The molecule has 0 saturated carbocycles. The van der Waals surface area contributed by atoms with Gasteiger partial charge in [-0.1, -0.05) is 6.07 Å². The van der Waals surface area contributed by atoms with Crippen molar-refractivity contribution in [3.8, 4) is 11.5 Å². The van der Waals surface area contributed by atoms with Gasteiger partial charge in [-0.15, -0.1) is 8.78 Å². The molecule has 2 heterocycles. The Morgan fingerprint density at radius 2 is 2.11 bits per heavy atom. The third-order valence-electron chi connectivity index (χ3n) is 3.41. The number of fused-ring (bicyclic) bond motifs is 1. The molecule has 1 N–H and O–H groups in total. The molecule has 1 saturated heterocycles. The third-order valence-corrected chi connectivity index (χ3v) is 3.41. The summed E-state index contributed by atoms with van der Waals surface area (Å²) in [4.78, 5) is 0. The molecule has 18 heavy (non-hydrogen) atoms. The summed E-state index contributed by atoms with van der Waals surface area (Å²) in [6.45, 7) is 1.08. The number of benzene rings is 1. The zero-order chi connectivity index (χ0) is 12.6. The van der Waals surface area contributed by atoms with Gasteiger partial charge < -0.3 is 14.8 Å². The maximum atomic E-state index is 12.8. The smallest absolute Gasteiger partial charge is 0.395 e. The lowest BCUT2D eigenvalue weighted by molar-refractivity contribution is -0.286. The molecule has 0 radical (unpaired) electrons. The van der Waals surface area contributed by atoms with Gasteiger partial charge in [-0.3, -0.25) is 0 Å². The molecule has 3 nitrogen and oxygen atoms in total. The molecule has 0 aromatic heterocycles. The van der Waals surface area contributed by atoms with E-state index in [1.54, 1.807) is 12.1 Å². The molecule has 98 valence electrons. The van der Waals surface area contributed by atoms with Crippen LogP contribution in [0.4, 0.5) is 8.78 Å². The Morgan fingerprint density at radius 3 is 2.89 bits per heavy atom. The molecule has 2 aliphatic rings. The van der Waals surface area contributed by atoms with Gasteiger partial charge in [0, 0.05) is 6.04 Å². The molecule has 1 aromatic rings. The number of rotatable bonds is 3. The lowest BCUT2D eigenvalue weighted by Crippen LogP contribution is -2.25. The van der Waals surface area contributed by atoms with Crippen molar-refractivity contribution in [1.82, 2.24) is 5.32 Å². The number of nitrogens with one attached hydrogen (secondary N) is 1. The monoisotopic (exact) mass is 255 g/mol. The Labute approximate surface area is 104 Å². The lowest BCUT2D eigenvalue weighted by atomic mass is 10.0. The predicted molar refractivity (Wildman–Crippen MR) is 62.0 cm³/mol. The van der Waals surface area contributed by atoms with Gasteiger partial charge >= 0.3 is 6.29 Å². The number of alkyl halides is 2. The van der Waals surface area contributed by atoms with Crippen LogP contribution in [0.15, 0.2) is 18.2 Å². The molecule has 1 unspecified atom stereocenters. The van der Waals surface area contributed by atoms with Gasteiger partial charge in [0.1, 0.15) is 0 Å². The van der Waals surface area contributed by atoms with E-state index < -0.39 is 6.29 Å². The zero-order valence-electron chi connectivity index (χ0n) is 9.92. The minimum atomic E-state index is -3.52.